The summed E-state index contributed by atoms with van der Waals surface area (Å²) >= 11 is 5.76. The number of hydrogen-bond donors (Lipinski definition) is 1. The number of anilines is 1. The Bertz CT molecular complexity index is 1210. The maximum Gasteiger partial charge on any atom is 0.278 e. The number of aryl methyl sites for hydroxylation is 2. The highest BCUT2D eigenvalue weighted by Gasteiger charge is 2.20. The van der Waals surface area contributed by atoms with Crippen molar-refractivity contribution >= 4 is 28.8 Å². The number of amides is 1. The smallest absolute Gasteiger partial charge is 0.278 e. The molecule has 2 aromatic heterocycles. The third-order valence-electron chi connectivity index (χ3n) is 4.40. The van der Waals surface area contributed by atoms with Crippen LogP contribution in [0.1, 0.15) is 21.9 Å². The van der Waals surface area contributed by atoms with Gasteiger partial charge in [0.1, 0.15) is 5.82 Å². The second kappa shape index (κ2) is 7.01. The van der Waals surface area contributed by atoms with Crippen molar-refractivity contribution in [3.63, 3.8) is 0 Å². The number of nitrogens with one attached hydrogen (secondary N) is 1. The van der Waals surface area contributed by atoms with E-state index in [1.54, 1.807) is 11.4 Å². The van der Waals surface area contributed by atoms with Gasteiger partial charge in [-0.2, -0.15) is 5.10 Å². The average Bonchev–Trinajstić information content (AvgIpc) is 3.02. The number of halogens is 2. The fourth-order valence-electron chi connectivity index (χ4n) is 3.03. The summed E-state index contributed by atoms with van der Waals surface area (Å²) in [6.45, 7) is 3.63. The van der Waals surface area contributed by atoms with E-state index < -0.39 is 11.7 Å². The Kier molecular flexibility index (Phi) is 4.52. The van der Waals surface area contributed by atoms with Crippen LogP contribution in [0.2, 0.25) is 5.02 Å². The average molecular weight is 396 g/mol. The van der Waals surface area contributed by atoms with Crippen molar-refractivity contribution in [3.05, 3.63) is 76.5 Å². The summed E-state index contributed by atoms with van der Waals surface area (Å²) in [5, 5.41) is 15.5. The Morgan fingerprint density at radius 2 is 1.86 bits per heavy atom. The molecule has 8 heteroatoms. The number of rotatable bonds is 3. The van der Waals surface area contributed by atoms with Crippen LogP contribution < -0.4 is 5.32 Å². The van der Waals surface area contributed by atoms with E-state index in [4.69, 9.17) is 11.6 Å². The summed E-state index contributed by atoms with van der Waals surface area (Å²) in [6.07, 6.45) is 0. The zero-order valence-electron chi connectivity index (χ0n) is 15.1. The fraction of sp³-hybridized carbons (Fsp3) is 0.100. The summed E-state index contributed by atoms with van der Waals surface area (Å²) in [5.74, 6) is -1.04. The molecule has 1 N–H and O–H groups in total. The lowest BCUT2D eigenvalue weighted by Gasteiger charge is -2.08. The molecule has 140 valence electrons. The summed E-state index contributed by atoms with van der Waals surface area (Å²) in [7, 11) is 0. The molecule has 0 aliphatic rings. The van der Waals surface area contributed by atoms with Gasteiger partial charge in [0, 0.05) is 5.69 Å². The molecule has 0 saturated heterocycles. The van der Waals surface area contributed by atoms with Crippen molar-refractivity contribution in [2.24, 2.45) is 0 Å². The number of carbonyl (C=O) groups is 1. The molecule has 2 aromatic carbocycles. The first-order chi connectivity index (χ1) is 13.5. The zero-order chi connectivity index (χ0) is 19.8. The highest BCUT2D eigenvalue weighted by atomic mass is 35.5. The van der Waals surface area contributed by atoms with Crippen LogP contribution in [0.4, 0.5) is 10.1 Å². The zero-order valence-corrected chi connectivity index (χ0v) is 15.8. The van der Waals surface area contributed by atoms with Gasteiger partial charge in [0.25, 0.3) is 5.91 Å². The van der Waals surface area contributed by atoms with E-state index in [1.165, 1.54) is 18.2 Å². The van der Waals surface area contributed by atoms with Gasteiger partial charge >= 0.3 is 0 Å². The van der Waals surface area contributed by atoms with E-state index in [1.807, 2.05) is 37.3 Å². The normalized spacial score (nSPS) is 11.0. The van der Waals surface area contributed by atoms with Crippen molar-refractivity contribution < 1.29 is 9.18 Å². The van der Waals surface area contributed by atoms with Gasteiger partial charge in [-0.25, -0.2) is 8.91 Å². The number of aromatic nitrogens is 4. The monoisotopic (exact) mass is 395 g/mol. The largest absolute Gasteiger partial charge is 0.320 e. The molecule has 4 rings (SSSR count). The molecule has 4 aromatic rings. The summed E-state index contributed by atoms with van der Waals surface area (Å²) in [5.41, 5.74) is 4.22. The van der Waals surface area contributed by atoms with Crippen molar-refractivity contribution in [2.45, 2.75) is 13.8 Å². The van der Waals surface area contributed by atoms with Crippen LogP contribution in [0.25, 0.3) is 16.8 Å². The Hall–Kier alpha value is -3.32. The topological polar surface area (TPSA) is 72.2 Å². The second-order valence-electron chi connectivity index (χ2n) is 6.28. The highest BCUT2D eigenvalue weighted by molar-refractivity contribution is 6.31. The molecule has 1 amide bonds. The van der Waals surface area contributed by atoms with Gasteiger partial charge in [-0.15, -0.1) is 10.2 Å². The summed E-state index contributed by atoms with van der Waals surface area (Å²) in [4.78, 5) is 12.6. The lowest BCUT2D eigenvalue weighted by atomic mass is 10.1. The van der Waals surface area contributed by atoms with Crippen LogP contribution in [0.5, 0.6) is 0 Å². The lowest BCUT2D eigenvalue weighted by molar-refractivity contribution is 0.102. The van der Waals surface area contributed by atoms with E-state index in [2.05, 4.69) is 20.6 Å². The molecule has 0 aliphatic carbocycles. The van der Waals surface area contributed by atoms with E-state index in [0.29, 0.717) is 17.0 Å². The summed E-state index contributed by atoms with van der Waals surface area (Å²) < 4.78 is 14.9. The van der Waals surface area contributed by atoms with Crippen LogP contribution in [0.3, 0.4) is 0 Å². The standard InChI is InChI=1S/C20H15ClFN5O/c1-11-17(13-6-4-3-5-7-13)19-25-24-18(12(2)27(19)26-11)20(28)23-14-8-9-16(22)15(21)10-14/h3-10H,1-2H3,(H,23,28). The molecule has 0 saturated carbocycles. The Morgan fingerprint density at radius 3 is 2.57 bits per heavy atom. The van der Waals surface area contributed by atoms with Gasteiger partial charge in [-0.3, -0.25) is 4.79 Å². The third-order valence-corrected chi connectivity index (χ3v) is 4.69. The molecule has 0 bridgehead atoms. The Morgan fingerprint density at radius 1 is 1.11 bits per heavy atom. The van der Waals surface area contributed by atoms with E-state index in [-0.39, 0.29) is 10.7 Å². The molecule has 28 heavy (non-hydrogen) atoms. The molecular formula is C20H15ClFN5O. The van der Waals surface area contributed by atoms with E-state index in [0.717, 1.165) is 16.8 Å². The van der Waals surface area contributed by atoms with Gasteiger partial charge in [-0.05, 0) is 37.6 Å². The Balaban J connectivity index is 1.74. The highest BCUT2D eigenvalue weighted by Crippen LogP contribution is 2.27. The molecule has 0 fully saturated rings. The maximum absolute atomic E-state index is 13.3. The molecular weight excluding hydrogens is 381 g/mol. The van der Waals surface area contributed by atoms with Crippen molar-refractivity contribution in [1.29, 1.82) is 0 Å². The van der Waals surface area contributed by atoms with Gasteiger partial charge in [0.15, 0.2) is 11.3 Å². The van der Waals surface area contributed by atoms with Gasteiger partial charge in [-0.1, -0.05) is 41.9 Å². The van der Waals surface area contributed by atoms with E-state index in [9.17, 15) is 9.18 Å². The van der Waals surface area contributed by atoms with Crippen LogP contribution >= 0.6 is 11.6 Å². The first-order valence-electron chi connectivity index (χ1n) is 8.50. The molecule has 0 spiro atoms. The predicted molar refractivity (Wildman–Crippen MR) is 105 cm³/mol. The maximum atomic E-state index is 13.3. The van der Waals surface area contributed by atoms with Crippen molar-refractivity contribution in [2.75, 3.05) is 5.32 Å². The first kappa shape index (κ1) is 18.1. The molecule has 0 atom stereocenters. The van der Waals surface area contributed by atoms with Crippen LogP contribution in [-0.4, -0.2) is 25.7 Å². The minimum Gasteiger partial charge on any atom is -0.320 e. The molecule has 6 nitrogen and oxygen atoms in total. The number of nitrogens with zero attached hydrogens (tertiary/aromatic N) is 4. The summed E-state index contributed by atoms with van der Waals surface area (Å²) in [6, 6.07) is 13.7. The van der Waals surface area contributed by atoms with E-state index >= 15 is 0 Å². The Labute approximate surface area is 165 Å². The molecule has 0 unspecified atom stereocenters. The minimum absolute atomic E-state index is 0.0775. The van der Waals surface area contributed by atoms with Gasteiger partial charge in [0.05, 0.1) is 22.0 Å². The molecule has 2 heterocycles. The number of fused-ring (bicyclic) bond motifs is 1. The SMILES string of the molecule is Cc1nn2c(C)c(C(=O)Nc3ccc(F)c(Cl)c3)nnc2c1-c1ccccc1. The molecule has 0 radical (unpaired) electrons. The van der Waals surface area contributed by atoms with Crippen molar-refractivity contribution in [1.82, 2.24) is 19.8 Å². The van der Waals surface area contributed by atoms with Crippen LogP contribution in [0.15, 0.2) is 48.5 Å². The number of carbonyl (C=O) groups excluding carboxylic acids is 1. The first-order valence-corrected chi connectivity index (χ1v) is 8.88. The quantitative estimate of drug-likeness (QED) is 0.556. The minimum atomic E-state index is -0.558. The van der Waals surface area contributed by atoms with Gasteiger partial charge < -0.3 is 5.32 Å². The van der Waals surface area contributed by atoms with Crippen molar-refractivity contribution in [3.8, 4) is 11.1 Å². The number of benzene rings is 2. The van der Waals surface area contributed by atoms with Crippen LogP contribution in [0, 0.1) is 19.7 Å². The fourth-order valence-corrected chi connectivity index (χ4v) is 3.21. The van der Waals surface area contributed by atoms with Gasteiger partial charge in [0.2, 0.25) is 0 Å². The molecule has 0 aliphatic heterocycles. The van der Waals surface area contributed by atoms with Crippen LogP contribution in [-0.2, 0) is 0 Å². The second-order valence-corrected chi connectivity index (χ2v) is 6.69. The number of hydrogen-bond acceptors (Lipinski definition) is 4. The third kappa shape index (κ3) is 3.10. The lowest BCUT2D eigenvalue weighted by Crippen LogP contribution is -2.18. The predicted octanol–water partition coefficient (Wildman–Crippen LogP) is 4.45.